The van der Waals surface area contributed by atoms with Crippen molar-refractivity contribution in [3.8, 4) is 0 Å². The number of unbranched alkanes of at least 4 members (excludes halogenated alkanes) is 6. The molecule has 0 saturated carbocycles. The summed E-state index contributed by atoms with van der Waals surface area (Å²) in [7, 11) is 0. The summed E-state index contributed by atoms with van der Waals surface area (Å²) < 4.78 is 0. The van der Waals surface area contributed by atoms with Gasteiger partial charge in [0.25, 0.3) is 0 Å². The van der Waals surface area contributed by atoms with Crippen LogP contribution in [0.1, 0.15) is 65.2 Å². The highest BCUT2D eigenvalue weighted by Gasteiger charge is 2.19. The largest absolute Gasteiger partial charge is 0.351 e. The van der Waals surface area contributed by atoms with Gasteiger partial charge in [0.05, 0.1) is 17.6 Å². The zero-order valence-electron chi connectivity index (χ0n) is 16.7. The van der Waals surface area contributed by atoms with E-state index in [0.29, 0.717) is 0 Å². The summed E-state index contributed by atoms with van der Waals surface area (Å²) >= 11 is 1.74. The standard InChI is InChI=1S/C22H32N4S/c1-3-5-7-11-15-26(16-12-8-6-4-2)22-23-17-19-21(25-22)27-20-14-10-9-13-18(20)24-19/h9-10,13-14,17,24H,3-8,11-12,15-16H2,1-2H3. The van der Waals surface area contributed by atoms with Gasteiger partial charge >= 0.3 is 0 Å². The van der Waals surface area contributed by atoms with Crippen molar-refractivity contribution in [1.29, 1.82) is 0 Å². The molecule has 4 nitrogen and oxygen atoms in total. The van der Waals surface area contributed by atoms with Crippen LogP contribution in [-0.2, 0) is 0 Å². The number of hydrogen-bond donors (Lipinski definition) is 1. The summed E-state index contributed by atoms with van der Waals surface area (Å²) in [5, 5.41) is 4.50. The Morgan fingerprint density at radius 2 is 1.59 bits per heavy atom. The molecule has 2 aromatic rings. The highest BCUT2D eigenvalue weighted by molar-refractivity contribution is 7.99. The number of anilines is 3. The third-order valence-electron chi connectivity index (χ3n) is 4.95. The van der Waals surface area contributed by atoms with Gasteiger partial charge < -0.3 is 10.2 Å². The molecule has 0 amide bonds. The lowest BCUT2D eigenvalue weighted by Gasteiger charge is -2.25. The maximum absolute atomic E-state index is 4.93. The van der Waals surface area contributed by atoms with Gasteiger partial charge in [-0.3, -0.25) is 0 Å². The molecular formula is C22H32N4S. The summed E-state index contributed by atoms with van der Waals surface area (Å²) in [4.78, 5) is 13.3. The Hall–Kier alpha value is -1.75. The maximum atomic E-state index is 4.93. The Labute approximate surface area is 168 Å². The smallest absolute Gasteiger partial charge is 0.226 e. The number of hydrogen-bond acceptors (Lipinski definition) is 5. The molecule has 27 heavy (non-hydrogen) atoms. The molecule has 1 aromatic carbocycles. The number of nitrogens with one attached hydrogen (secondary N) is 1. The van der Waals surface area contributed by atoms with E-state index < -0.39 is 0 Å². The fraction of sp³-hybridized carbons (Fsp3) is 0.545. The quantitative estimate of drug-likeness (QED) is 0.296. The van der Waals surface area contributed by atoms with Crippen LogP contribution < -0.4 is 10.2 Å². The highest BCUT2D eigenvalue weighted by atomic mass is 32.2. The van der Waals surface area contributed by atoms with E-state index >= 15 is 0 Å². The van der Waals surface area contributed by atoms with Crippen molar-refractivity contribution in [2.75, 3.05) is 23.3 Å². The fourth-order valence-electron chi connectivity index (χ4n) is 3.35. The average Bonchev–Trinajstić information content (AvgIpc) is 2.70. The van der Waals surface area contributed by atoms with Gasteiger partial charge in [-0.2, -0.15) is 0 Å². The summed E-state index contributed by atoms with van der Waals surface area (Å²) in [6.07, 6.45) is 12.1. The number of aromatic nitrogens is 2. The maximum Gasteiger partial charge on any atom is 0.226 e. The molecule has 1 N–H and O–H groups in total. The van der Waals surface area contributed by atoms with Gasteiger partial charge in [0, 0.05) is 18.0 Å². The van der Waals surface area contributed by atoms with Gasteiger partial charge in [-0.05, 0) is 25.0 Å². The van der Waals surface area contributed by atoms with E-state index in [1.165, 1.54) is 56.3 Å². The van der Waals surface area contributed by atoms with E-state index in [1.807, 2.05) is 6.20 Å². The molecule has 1 aliphatic heterocycles. The molecule has 0 atom stereocenters. The van der Waals surface area contributed by atoms with Crippen molar-refractivity contribution in [1.82, 2.24) is 9.97 Å². The molecule has 0 bridgehead atoms. The van der Waals surface area contributed by atoms with Crippen molar-refractivity contribution in [2.45, 2.75) is 75.1 Å². The minimum atomic E-state index is 0.885. The van der Waals surface area contributed by atoms with E-state index in [4.69, 9.17) is 9.97 Å². The predicted molar refractivity (Wildman–Crippen MR) is 116 cm³/mol. The summed E-state index contributed by atoms with van der Waals surface area (Å²) in [6.45, 7) is 6.63. The number of nitrogens with zero attached hydrogens (tertiary/aromatic N) is 3. The van der Waals surface area contributed by atoms with Crippen molar-refractivity contribution in [3.05, 3.63) is 30.5 Å². The second-order valence-corrected chi connectivity index (χ2v) is 8.25. The first kappa shape index (κ1) is 20.0. The molecule has 0 unspecified atom stereocenters. The number of para-hydroxylation sites is 1. The Balaban J connectivity index is 1.70. The second kappa shape index (κ2) is 10.5. The first-order valence-electron chi connectivity index (χ1n) is 10.5. The normalized spacial score (nSPS) is 12.2. The third-order valence-corrected chi connectivity index (χ3v) is 6.03. The van der Waals surface area contributed by atoms with Crippen LogP contribution in [0.2, 0.25) is 0 Å². The van der Waals surface area contributed by atoms with Gasteiger partial charge in [0.1, 0.15) is 5.03 Å². The van der Waals surface area contributed by atoms with E-state index in [2.05, 4.69) is 48.3 Å². The lowest BCUT2D eigenvalue weighted by molar-refractivity contribution is 0.600. The molecule has 1 aliphatic rings. The predicted octanol–water partition coefficient (Wildman–Crippen LogP) is 6.65. The Morgan fingerprint density at radius 1 is 0.889 bits per heavy atom. The molecule has 0 saturated heterocycles. The molecular weight excluding hydrogens is 352 g/mol. The average molecular weight is 385 g/mol. The third kappa shape index (κ3) is 5.61. The van der Waals surface area contributed by atoms with Crippen LogP contribution >= 0.6 is 11.8 Å². The fourth-order valence-corrected chi connectivity index (χ4v) is 4.28. The van der Waals surface area contributed by atoms with E-state index in [9.17, 15) is 0 Å². The molecule has 3 rings (SSSR count). The van der Waals surface area contributed by atoms with Crippen LogP contribution in [-0.4, -0.2) is 23.1 Å². The van der Waals surface area contributed by atoms with Crippen molar-refractivity contribution in [2.24, 2.45) is 0 Å². The molecule has 1 aromatic heterocycles. The van der Waals surface area contributed by atoms with Crippen LogP contribution in [0.5, 0.6) is 0 Å². The van der Waals surface area contributed by atoms with Gasteiger partial charge in [-0.1, -0.05) is 76.3 Å². The van der Waals surface area contributed by atoms with Crippen LogP contribution in [0.4, 0.5) is 17.3 Å². The molecule has 0 spiro atoms. The molecule has 146 valence electrons. The Bertz CT molecular complexity index is 707. The van der Waals surface area contributed by atoms with E-state index in [-0.39, 0.29) is 0 Å². The van der Waals surface area contributed by atoms with Crippen LogP contribution in [0.25, 0.3) is 0 Å². The summed E-state index contributed by atoms with van der Waals surface area (Å²) in [6, 6.07) is 8.38. The second-order valence-electron chi connectivity index (χ2n) is 7.22. The zero-order valence-corrected chi connectivity index (χ0v) is 17.5. The molecule has 0 radical (unpaired) electrons. The molecule has 0 aliphatic carbocycles. The SMILES string of the molecule is CCCCCCN(CCCCCC)c1ncc2c(n1)Sc1ccccc1N2. The number of rotatable bonds is 11. The Morgan fingerprint density at radius 3 is 2.30 bits per heavy atom. The first-order chi connectivity index (χ1) is 13.3. The summed E-state index contributed by atoms with van der Waals surface area (Å²) in [5.74, 6) is 0.885. The lowest BCUT2D eigenvalue weighted by atomic mass is 10.2. The minimum absolute atomic E-state index is 0.885. The van der Waals surface area contributed by atoms with Crippen LogP contribution in [0, 0.1) is 0 Å². The lowest BCUT2D eigenvalue weighted by Crippen LogP contribution is -2.28. The topological polar surface area (TPSA) is 41.1 Å². The van der Waals surface area contributed by atoms with Gasteiger partial charge in [0.2, 0.25) is 5.95 Å². The zero-order chi connectivity index (χ0) is 18.9. The number of benzene rings is 1. The van der Waals surface area contributed by atoms with E-state index in [0.717, 1.165) is 35.4 Å². The van der Waals surface area contributed by atoms with Crippen molar-refractivity contribution in [3.63, 3.8) is 0 Å². The van der Waals surface area contributed by atoms with Crippen LogP contribution in [0.15, 0.2) is 40.4 Å². The monoisotopic (exact) mass is 384 g/mol. The number of fused-ring (bicyclic) bond motifs is 2. The Kier molecular flexibility index (Phi) is 7.81. The van der Waals surface area contributed by atoms with Crippen LogP contribution in [0.3, 0.4) is 0 Å². The van der Waals surface area contributed by atoms with Gasteiger partial charge in [-0.25, -0.2) is 9.97 Å². The summed E-state index contributed by atoms with van der Waals surface area (Å²) in [5.41, 5.74) is 2.15. The first-order valence-corrected chi connectivity index (χ1v) is 11.3. The minimum Gasteiger partial charge on any atom is -0.351 e. The van der Waals surface area contributed by atoms with Gasteiger partial charge in [0.15, 0.2) is 0 Å². The highest BCUT2D eigenvalue weighted by Crippen LogP contribution is 2.42. The van der Waals surface area contributed by atoms with Crippen molar-refractivity contribution >= 4 is 29.1 Å². The molecule has 0 fully saturated rings. The van der Waals surface area contributed by atoms with Crippen molar-refractivity contribution < 1.29 is 0 Å². The molecule has 5 heteroatoms. The molecule has 2 heterocycles. The van der Waals surface area contributed by atoms with E-state index in [1.54, 1.807) is 11.8 Å². The van der Waals surface area contributed by atoms with Gasteiger partial charge in [-0.15, -0.1) is 0 Å².